The smallest absolute Gasteiger partial charge is 0.233 e. The Hall–Kier alpha value is -1.42. The third-order valence-corrected chi connectivity index (χ3v) is 2.39. The Morgan fingerprint density at radius 2 is 1.88 bits per heavy atom. The molecule has 0 heterocycles. The van der Waals surface area contributed by atoms with Crippen LogP contribution in [-0.4, -0.2) is 19.5 Å². The molecule has 16 heavy (non-hydrogen) atoms. The van der Waals surface area contributed by atoms with Crippen LogP contribution in [0.5, 0.6) is 0 Å². The summed E-state index contributed by atoms with van der Waals surface area (Å²) >= 11 is 0. The molecule has 0 fully saturated rings. The van der Waals surface area contributed by atoms with Crippen LogP contribution in [0.25, 0.3) is 0 Å². The fraction of sp³-hybridized carbons (Fsp3) is 0.417. The van der Waals surface area contributed by atoms with Gasteiger partial charge in [-0.15, -0.1) is 0 Å². The molecule has 0 bridgehead atoms. The van der Waals surface area contributed by atoms with Crippen molar-refractivity contribution in [3.05, 3.63) is 34.6 Å². The van der Waals surface area contributed by atoms with Gasteiger partial charge in [-0.25, -0.2) is 4.39 Å². The van der Waals surface area contributed by atoms with E-state index in [-0.39, 0.29) is 18.3 Å². The highest BCUT2D eigenvalue weighted by molar-refractivity contribution is 5.77. The minimum atomic E-state index is -0.157. The van der Waals surface area contributed by atoms with Gasteiger partial charge < -0.3 is 10.6 Å². The minimum Gasteiger partial charge on any atom is -0.358 e. The number of hydrogen-bond acceptors (Lipinski definition) is 2. The minimum absolute atomic E-state index is 0.0597. The van der Waals surface area contributed by atoms with Crippen LogP contribution >= 0.6 is 0 Å². The molecule has 1 rings (SSSR count). The standard InChI is InChI=1S/C12H17FN2O/c1-8-4-10(5-9(2)12(8)13)6-15-7-11(16)14-3/h4-5,15H,6-7H2,1-3H3,(H,14,16). The highest BCUT2D eigenvalue weighted by Crippen LogP contribution is 2.14. The number of nitrogens with one attached hydrogen (secondary N) is 2. The number of benzene rings is 1. The van der Waals surface area contributed by atoms with E-state index in [0.29, 0.717) is 17.7 Å². The summed E-state index contributed by atoms with van der Waals surface area (Å²) in [5.74, 6) is -0.217. The van der Waals surface area contributed by atoms with Gasteiger partial charge in [0, 0.05) is 13.6 Å². The molecule has 0 spiro atoms. The third kappa shape index (κ3) is 3.31. The molecule has 3 nitrogen and oxygen atoms in total. The first-order valence-electron chi connectivity index (χ1n) is 5.21. The number of carbonyl (C=O) groups excluding carboxylic acids is 1. The fourth-order valence-electron chi connectivity index (χ4n) is 1.55. The van der Waals surface area contributed by atoms with Crippen LogP contribution in [0.2, 0.25) is 0 Å². The monoisotopic (exact) mass is 224 g/mol. The van der Waals surface area contributed by atoms with Crippen molar-refractivity contribution in [3.63, 3.8) is 0 Å². The predicted molar refractivity (Wildman–Crippen MR) is 61.6 cm³/mol. The lowest BCUT2D eigenvalue weighted by molar-refractivity contribution is -0.119. The van der Waals surface area contributed by atoms with Crippen molar-refractivity contribution in [2.24, 2.45) is 0 Å². The van der Waals surface area contributed by atoms with Gasteiger partial charge in [0.05, 0.1) is 6.54 Å². The second kappa shape index (κ2) is 5.61. The van der Waals surface area contributed by atoms with Gasteiger partial charge in [0.1, 0.15) is 5.82 Å². The van der Waals surface area contributed by atoms with Gasteiger partial charge in [-0.1, -0.05) is 12.1 Å². The maximum Gasteiger partial charge on any atom is 0.233 e. The predicted octanol–water partition coefficient (Wildman–Crippen LogP) is 1.28. The van der Waals surface area contributed by atoms with Crippen molar-refractivity contribution in [3.8, 4) is 0 Å². The van der Waals surface area contributed by atoms with E-state index in [1.807, 2.05) is 0 Å². The van der Waals surface area contributed by atoms with E-state index in [1.54, 1.807) is 33.0 Å². The largest absolute Gasteiger partial charge is 0.358 e. The first-order chi connectivity index (χ1) is 7.54. The summed E-state index contributed by atoms with van der Waals surface area (Å²) in [5, 5.41) is 5.51. The van der Waals surface area contributed by atoms with Crippen molar-refractivity contribution < 1.29 is 9.18 Å². The van der Waals surface area contributed by atoms with E-state index in [9.17, 15) is 9.18 Å². The van der Waals surface area contributed by atoms with Crippen LogP contribution in [0.3, 0.4) is 0 Å². The number of hydrogen-bond donors (Lipinski definition) is 2. The van der Waals surface area contributed by atoms with Crippen molar-refractivity contribution in [2.75, 3.05) is 13.6 Å². The van der Waals surface area contributed by atoms with Crippen LogP contribution in [0.4, 0.5) is 4.39 Å². The Bertz CT molecular complexity index is 368. The van der Waals surface area contributed by atoms with E-state index in [4.69, 9.17) is 0 Å². The van der Waals surface area contributed by atoms with E-state index < -0.39 is 0 Å². The summed E-state index contributed by atoms with van der Waals surface area (Å²) in [6.45, 7) is 4.32. The quantitative estimate of drug-likeness (QED) is 0.809. The number of aryl methyl sites for hydroxylation is 2. The average Bonchev–Trinajstić information content (AvgIpc) is 2.25. The average molecular weight is 224 g/mol. The normalized spacial score (nSPS) is 10.2. The van der Waals surface area contributed by atoms with E-state index >= 15 is 0 Å². The summed E-state index contributed by atoms with van der Waals surface area (Å²) < 4.78 is 13.3. The molecular weight excluding hydrogens is 207 g/mol. The van der Waals surface area contributed by atoms with Gasteiger partial charge in [0.25, 0.3) is 0 Å². The molecule has 0 aromatic heterocycles. The summed E-state index contributed by atoms with van der Waals surface area (Å²) in [6, 6.07) is 3.58. The van der Waals surface area contributed by atoms with Crippen LogP contribution in [0, 0.1) is 19.7 Å². The van der Waals surface area contributed by atoms with E-state index in [2.05, 4.69) is 10.6 Å². The summed E-state index contributed by atoms with van der Waals surface area (Å²) in [6.07, 6.45) is 0. The molecule has 0 saturated heterocycles. The van der Waals surface area contributed by atoms with Crippen molar-refractivity contribution >= 4 is 5.91 Å². The molecule has 0 aliphatic heterocycles. The van der Waals surface area contributed by atoms with Gasteiger partial charge in [-0.2, -0.15) is 0 Å². The highest BCUT2D eigenvalue weighted by atomic mass is 19.1. The van der Waals surface area contributed by atoms with Crippen LogP contribution in [-0.2, 0) is 11.3 Å². The molecule has 1 aromatic carbocycles. The molecule has 1 amide bonds. The van der Waals surface area contributed by atoms with Gasteiger partial charge >= 0.3 is 0 Å². The SMILES string of the molecule is CNC(=O)CNCc1cc(C)c(F)c(C)c1. The first-order valence-corrected chi connectivity index (χ1v) is 5.21. The molecule has 0 atom stereocenters. The highest BCUT2D eigenvalue weighted by Gasteiger charge is 2.04. The Morgan fingerprint density at radius 3 is 2.38 bits per heavy atom. The molecular formula is C12H17FN2O. The Balaban J connectivity index is 2.58. The van der Waals surface area contributed by atoms with E-state index in [1.165, 1.54) is 0 Å². The molecule has 0 aliphatic carbocycles. The molecule has 0 saturated carbocycles. The second-order valence-corrected chi connectivity index (χ2v) is 3.82. The number of likely N-dealkylation sites (N-methyl/N-ethyl adjacent to an activating group) is 1. The number of halogens is 1. The first kappa shape index (κ1) is 12.6. The third-order valence-electron chi connectivity index (χ3n) is 2.39. The molecule has 0 aliphatic rings. The summed E-state index contributed by atoms with van der Waals surface area (Å²) in [5.41, 5.74) is 2.26. The van der Waals surface area contributed by atoms with Crippen LogP contribution in [0.1, 0.15) is 16.7 Å². The lowest BCUT2D eigenvalue weighted by Crippen LogP contribution is -2.31. The Labute approximate surface area is 95.0 Å². The van der Waals surface area contributed by atoms with Crippen molar-refractivity contribution in [2.45, 2.75) is 20.4 Å². The second-order valence-electron chi connectivity index (χ2n) is 3.82. The van der Waals surface area contributed by atoms with Gasteiger partial charge in [-0.05, 0) is 30.5 Å². The molecule has 0 radical (unpaired) electrons. The number of rotatable bonds is 4. The zero-order valence-electron chi connectivity index (χ0n) is 9.86. The Morgan fingerprint density at radius 1 is 1.31 bits per heavy atom. The summed E-state index contributed by atoms with van der Waals surface area (Å²) in [7, 11) is 1.59. The van der Waals surface area contributed by atoms with Crippen molar-refractivity contribution in [1.29, 1.82) is 0 Å². The van der Waals surface area contributed by atoms with Crippen LogP contribution < -0.4 is 10.6 Å². The summed E-state index contributed by atoms with van der Waals surface area (Å²) in [4.78, 5) is 11.0. The molecule has 2 N–H and O–H groups in total. The van der Waals surface area contributed by atoms with Gasteiger partial charge in [0.15, 0.2) is 0 Å². The van der Waals surface area contributed by atoms with Crippen LogP contribution in [0.15, 0.2) is 12.1 Å². The van der Waals surface area contributed by atoms with Crippen molar-refractivity contribution in [1.82, 2.24) is 10.6 Å². The van der Waals surface area contributed by atoms with E-state index in [0.717, 1.165) is 5.56 Å². The fourth-order valence-corrected chi connectivity index (χ4v) is 1.55. The molecule has 1 aromatic rings. The molecule has 0 unspecified atom stereocenters. The maximum atomic E-state index is 13.3. The zero-order chi connectivity index (χ0) is 12.1. The molecule has 88 valence electrons. The topological polar surface area (TPSA) is 41.1 Å². The number of carbonyl (C=O) groups is 1. The maximum absolute atomic E-state index is 13.3. The Kier molecular flexibility index (Phi) is 4.43. The number of amides is 1. The lowest BCUT2D eigenvalue weighted by atomic mass is 10.1. The van der Waals surface area contributed by atoms with Gasteiger partial charge in [-0.3, -0.25) is 4.79 Å². The lowest BCUT2D eigenvalue weighted by Gasteiger charge is -2.07. The zero-order valence-corrected chi connectivity index (χ0v) is 9.86. The molecule has 4 heteroatoms. The van der Waals surface area contributed by atoms with Gasteiger partial charge in [0.2, 0.25) is 5.91 Å².